The molecule has 0 saturated carbocycles. The van der Waals surface area contributed by atoms with Gasteiger partial charge in [-0.1, -0.05) is 0 Å². The van der Waals surface area contributed by atoms with Gasteiger partial charge >= 0.3 is 29.6 Å². The zero-order valence-electron chi connectivity index (χ0n) is 12.5. The third kappa shape index (κ3) is 8.01. The molecule has 0 bridgehead atoms. The summed E-state index contributed by atoms with van der Waals surface area (Å²) in [5.41, 5.74) is 10.5. The quantitative estimate of drug-likeness (QED) is 0.387. The van der Waals surface area contributed by atoms with Gasteiger partial charge in [-0.25, -0.2) is 0 Å². The van der Waals surface area contributed by atoms with Gasteiger partial charge in [0, 0.05) is 59.2 Å². The molecule has 0 aliphatic rings. The number of hydrogen-bond acceptors (Lipinski definition) is 5. The number of aromatic nitrogens is 1. The maximum atomic E-state index is 11.5. The summed E-state index contributed by atoms with van der Waals surface area (Å²) in [6.07, 6.45) is 3.12. The number of rotatable bonds is 5. The second-order valence-electron chi connectivity index (χ2n) is 5.13. The van der Waals surface area contributed by atoms with Crippen LogP contribution in [-0.2, 0) is 4.57 Å². The van der Waals surface area contributed by atoms with Crippen molar-refractivity contribution >= 4 is 37.2 Å². The summed E-state index contributed by atoms with van der Waals surface area (Å²) in [5.74, 6) is 0. The second kappa shape index (κ2) is 9.38. The van der Waals surface area contributed by atoms with Crippen molar-refractivity contribution in [2.45, 2.75) is 37.5 Å². The molecule has 3 atom stereocenters. The summed E-state index contributed by atoms with van der Waals surface area (Å²) in [6.45, 7) is 3.38. The molecule has 3 unspecified atom stereocenters. The topological polar surface area (TPSA) is 125 Å². The van der Waals surface area contributed by atoms with Crippen LogP contribution in [0.4, 0.5) is 0 Å². The van der Waals surface area contributed by atoms with Crippen LogP contribution < -0.4 is 45.9 Å². The van der Waals surface area contributed by atoms with Crippen molar-refractivity contribution in [2.24, 2.45) is 11.5 Å². The van der Waals surface area contributed by atoms with Gasteiger partial charge in [0.1, 0.15) is 7.60 Å². The van der Waals surface area contributed by atoms with Crippen LogP contribution in [0.25, 0.3) is 0 Å². The maximum absolute atomic E-state index is 11.5. The van der Waals surface area contributed by atoms with E-state index in [2.05, 4.69) is 4.98 Å². The van der Waals surface area contributed by atoms with Crippen LogP contribution in [0, 0.1) is 0 Å². The van der Waals surface area contributed by atoms with Crippen LogP contribution in [0.3, 0.4) is 0 Å². The maximum Gasteiger partial charge on any atom is 1.00 e. The van der Waals surface area contributed by atoms with Gasteiger partial charge in [0.15, 0.2) is 0 Å². The fourth-order valence-electron chi connectivity index (χ4n) is 1.79. The molecule has 5 N–H and O–H groups in total. The minimum absolute atomic E-state index is 0. The van der Waals surface area contributed by atoms with E-state index in [1.165, 1.54) is 12.4 Å². The largest absolute Gasteiger partial charge is 1.00 e. The fourth-order valence-corrected chi connectivity index (χ4v) is 3.07. The number of nitrogens with two attached hydrogens (primary N) is 2. The van der Waals surface area contributed by atoms with E-state index in [4.69, 9.17) is 11.5 Å². The second-order valence-corrected chi connectivity index (χ2v) is 6.92. The number of pyridine rings is 1. The first-order valence-corrected chi connectivity index (χ1v) is 7.24. The van der Waals surface area contributed by atoms with E-state index >= 15 is 0 Å². The van der Waals surface area contributed by atoms with Crippen molar-refractivity contribution in [1.29, 1.82) is 0 Å². The Morgan fingerprint density at radius 2 is 1.90 bits per heavy atom. The van der Waals surface area contributed by atoms with Crippen molar-refractivity contribution in [3.05, 3.63) is 30.1 Å². The molecule has 1 aromatic rings. The van der Waals surface area contributed by atoms with Gasteiger partial charge in [0.25, 0.3) is 0 Å². The third-order valence-corrected chi connectivity index (χ3v) is 4.00. The number of nitrogens with zero attached hydrogens (tertiary/aromatic N) is 1. The molecule has 0 spiro atoms. The van der Waals surface area contributed by atoms with Crippen LogP contribution in [0.15, 0.2) is 24.5 Å². The molecule has 20 heavy (non-hydrogen) atoms. The zero-order chi connectivity index (χ0) is 14.0. The number of hydrogen-bond donors (Lipinski definition) is 3. The zero-order valence-corrected chi connectivity index (χ0v) is 17.4. The minimum Gasteiger partial charge on any atom is -0.778 e. The Morgan fingerprint density at radius 3 is 2.25 bits per heavy atom. The SMILES string of the molecule is CC(C)(N)CC(C(N)c1ccncc1)P(=O)([O-])O.[Na+].[Na]. The van der Waals surface area contributed by atoms with E-state index < -0.39 is 24.8 Å². The standard InChI is InChI=1S/C11H20N3O3P.2Na/c1-11(2,13)7-9(18(15,16)17)10(12)8-3-5-14-6-4-8;;/h3-6,9-10H,7,12-13H2,1-2H3,(H2,15,16,17);;/q;;+1/p-1. The van der Waals surface area contributed by atoms with Crippen LogP contribution in [0.1, 0.15) is 31.9 Å². The van der Waals surface area contributed by atoms with Crippen molar-refractivity contribution in [1.82, 2.24) is 4.98 Å². The summed E-state index contributed by atoms with van der Waals surface area (Å²) in [5, 5.41) is 0. The van der Waals surface area contributed by atoms with Crippen LogP contribution in [0.5, 0.6) is 0 Å². The van der Waals surface area contributed by atoms with Gasteiger partial charge in [0.05, 0.1) is 0 Å². The van der Waals surface area contributed by atoms with E-state index in [-0.39, 0.29) is 65.5 Å². The molecule has 103 valence electrons. The average Bonchev–Trinajstić information content (AvgIpc) is 2.24. The van der Waals surface area contributed by atoms with E-state index in [9.17, 15) is 14.4 Å². The summed E-state index contributed by atoms with van der Waals surface area (Å²) in [6, 6.07) is 2.41. The first-order valence-electron chi connectivity index (χ1n) is 5.59. The van der Waals surface area contributed by atoms with Gasteiger partial charge in [-0.3, -0.25) is 4.98 Å². The van der Waals surface area contributed by atoms with Crippen molar-refractivity contribution in [3.8, 4) is 0 Å². The molecule has 0 fully saturated rings. The van der Waals surface area contributed by atoms with Crippen LogP contribution in [0.2, 0.25) is 0 Å². The van der Waals surface area contributed by atoms with Crippen molar-refractivity contribution in [3.63, 3.8) is 0 Å². The molecule has 0 saturated heterocycles. The Kier molecular flexibility index (Phi) is 11.0. The third-order valence-electron chi connectivity index (χ3n) is 2.66. The summed E-state index contributed by atoms with van der Waals surface area (Å²) >= 11 is 0. The molecule has 6 nitrogen and oxygen atoms in total. The molecule has 0 aliphatic heterocycles. The van der Waals surface area contributed by atoms with E-state index in [0.717, 1.165) is 0 Å². The van der Waals surface area contributed by atoms with Crippen LogP contribution >= 0.6 is 7.60 Å². The molecule has 1 radical (unpaired) electrons. The molecule has 1 rings (SSSR count). The van der Waals surface area contributed by atoms with Crippen LogP contribution in [-0.4, -0.2) is 50.6 Å². The summed E-state index contributed by atoms with van der Waals surface area (Å²) in [7, 11) is -4.57. The molecule has 1 aromatic heterocycles. The fraction of sp³-hybridized carbons (Fsp3) is 0.545. The van der Waals surface area contributed by atoms with Gasteiger partial charge in [-0.2, -0.15) is 0 Å². The Balaban J connectivity index is 0. The molecule has 1 heterocycles. The Morgan fingerprint density at radius 1 is 1.45 bits per heavy atom. The van der Waals surface area contributed by atoms with E-state index in [1.807, 2.05) is 0 Å². The molecule has 0 amide bonds. The molecule has 9 heteroatoms. The first-order chi connectivity index (χ1) is 8.11. The Hall–Kier alpha value is 1.22. The van der Waals surface area contributed by atoms with Gasteiger partial charge < -0.3 is 25.8 Å². The van der Waals surface area contributed by atoms with Crippen molar-refractivity contribution in [2.75, 3.05) is 0 Å². The normalized spacial score (nSPS) is 17.1. The first kappa shape index (κ1) is 23.5. The predicted octanol–water partition coefficient (Wildman–Crippen LogP) is -3.25. The van der Waals surface area contributed by atoms with E-state index in [1.54, 1.807) is 26.0 Å². The van der Waals surface area contributed by atoms with Crippen molar-refractivity contribution < 1.29 is 43.9 Å². The monoisotopic (exact) mass is 318 g/mol. The van der Waals surface area contributed by atoms with Gasteiger partial charge in [-0.15, -0.1) is 0 Å². The molecule has 0 aromatic carbocycles. The van der Waals surface area contributed by atoms with Gasteiger partial charge in [-0.05, 0) is 38.0 Å². The van der Waals surface area contributed by atoms with Gasteiger partial charge in [0.2, 0.25) is 0 Å². The predicted molar refractivity (Wildman–Crippen MR) is 73.4 cm³/mol. The summed E-state index contributed by atoms with van der Waals surface area (Å²) in [4.78, 5) is 24.6. The van der Waals surface area contributed by atoms with E-state index in [0.29, 0.717) is 5.56 Å². The summed E-state index contributed by atoms with van der Waals surface area (Å²) < 4.78 is 11.5. The average molecular weight is 318 g/mol. The minimum atomic E-state index is -4.57. The molecular weight excluding hydrogens is 299 g/mol. The smallest absolute Gasteiger partial charge is 0.778 e. The molecule has 0 aliphatic carbocycles. The Bertz CT molecular complexity index is 436. The molecular formula is C11H19N3Na2O3P. The Labute approximate surface area is 163 Å².